The quantitative estimate of drug-likeness (QED) is 0.764. The fraction of sp³-hybridized carbons (Fsp3) is 0.700. The molecular weight excluding hydrogens is 188 g/mol. The second kappa shape index (κ2) is 4.14. The van der Waals surface area contributed by atoms with Gasteiger partial charge in [-0.05, 0) is 25.2 Å². The van der Waals surface area contributed by atoms with E-state index in [1.54, 1.807) is 6.08 Å². The van der Waals surface area contributed by atoms with Crippen molar-refractivity contribution in [1.82, 2.24) is 0 Å². The molecule has 2 nitrogen and oxygen atoms in total. The number of carboxylic acids is 1. The number of rotatable bonds is 3. The number of aliphatic carboxylic acids is 1. The van der Waals surface area contributed by atoms with Gasteiger partial charge in [-0.15, -0.1) is 0 Å². The van der Waals surface area contributed by atoms with Gasteiger partial charge in [0.25, 0.3) is 0 Å². The van der Waals surface area contributed by atoms with Gasteiger partial charge in [0, 0.05) is 5.54 Å². The third-order valence-electron chi connectivity index (χ3n) is 3.20. The Morgan fingerprint density at radius 1 is 1.77 bits per heavy atom. The van der Waals surface area contributed by atoms with Crippen LogP contribution in [0.4, 0.5) is 0 Å². The molecule has 0 saturated heterocycles. The molecule has 1 aliphatic carbocycles. The Morgan fingerprint density at radius 3 is 2.85 bits per heavy atom. The lowest BCUT2D eigenvalue weighted by molar-refractivity contribution is -0.150. The van der Waals surface area contributed by atoms with E-state index in [9.17, 15) is 9.90 Å². The summed E-state index contributed by atoms with van der Waals surface area (Å²) in [6.45, 7) is 2.02. The summed E-state index contributed by atoms with van der Waals surface area (Å²) in [5, 5.41) is 9.18. The minimum atomic E-state index is -0.674. The molecule has 0 heterocycles. The number of carbonyl (C=O) groups is 1. The minimum Gasteiger partial charge on any atom is -0.481 e. The second-order valence-corrected chi connectivity index (χ2v) is 4.07. The number of hydrogen-bond acceptors (Lipinski definition) is 1. The third-order valence-corrected chi connectivity index (χ3v) is 3.38. The van der Waals surface area contributed by atoms with E-state index in [1.807, 2.05) is 6.92 Å². The molecule has 2 unspecified atom stereocenters. The van der Waals surface area contributed by atoms with Crippen LogP contribution in [0.5, 0.6) is 0 Å². The normalized spacial score (nSPS) is 34.2. The van der Waals surface area contributed by atoms with Crippen LogP contribution in [-0.2, 0) is 4.79 Å². The van der Waals surface area contributed by atoms with Gasteiger partial charge in [-0.1, -0.05) is 31.0 Å². The Balaban J connectivity index is 2.80. The van der Waals surface area contributed by atoms with Crippen LogP contribution in [0.1, 0.15) is 32.6 Å². The van der Waals surface area contributed by atoms with Crippen LogP contribution in [0.2, 0.25) is 0 Å². The molecule has 0 aromatic carbocycles. The number of carboxylic acid groups (broad SMARTS) is 1. The molecule has 2 atom stereocenters. The van der Waals surface area contributed by atoms with Gasteiger partial charge in [-0.25, -0.2) is 0 Å². The highest BCUT2D eigenvalue weighted by molar-refractivity contribution is 6.25. The Bertz CT molecular complexity index is 225. The predicted molar refractivity (Wildman–Crippen MR) is 52.7 cm³/mol. The standard InChI is InChI=1S/C10H15ClO2/c1-8-4-2-5-10(8,9(12)13)6-3-7-11/h3,7-8H,2,4-6H2,1H3,(H,12,13)/b7-3+. The minimum absolute atomic E-state index is 0.262. The molecule has 0 aliphatic heterocycles. The van der Waals surface area contributed by atoms with Gasteiger partial charge < -0.3 is 5.11 Å². The van der Waals surface area contributed by atoms with Crippen LogP contribution in [0.15, 0.2) is 11.6 Å². The number of hydrogen-bond donors (Lipinski definition) is 1. The van der Waals surface area contributed by atoms with Gasteiger partial charge in [0.1, 0.15) is 0 Å². The van der Waals surface area contributed by atoms with Crippen LogP contribution < -0.4 is 0 Å². The molecule has 1 saturated carbocycles. The second-order valence-electron chi connectivity index (χ2n) is 3.82. The van der Waals surface area contributed by atoms with Gasteiger partial charge in [0.05, 0.1) is 5.41 Å². The Hall–Kier alpha value is -0.500. The molecule has 3 heteroatoms. The van der Waals surface area contributed by atoms with Crippen molar-refractivity contribution >= 4 is 17.6 Å². The summed E-state index contributed by atoms with van der Waals surface area (Å²) in [7, 11) is 0. The summed E-state index contributed by atoms with van der Waals surface area (Å²) >= 11 is 5.42. The molecule has 1 aliphatic rings. The molecule has 1 fully saturated rings. The van der Waals surface area contributed by atoms with E-state index >= 15 is 0 Å². The van der Waals surface area contributed by atoms with E-state index in [4.69, 9.17) is 11.6 Å². The first kappa shape index (κ1) is 10.6. The largest absolute Gasteiger partial charge is 0.481 e. The van der Waals surface area contributed by atoms with E-state index in [2.05, 4.69) is 0 Å². The van der Waals surface area contributed by atoms with E-state index in [-0.39, 0.29) is 5.92 Å². The molecule has 1 rings (SSSR count). The molecule has 0 aromatic heterocycles. The molecule has 0 spiro atoms. The van der Waals surface area contributed by atoms with Crippen molar-refractivity contribution < 1.29 is 9.90 Å². The predicted octanol–water partition coefficient (Wildman–Crippen LogP) is 3.02. The summed E-state index contributed by atoms with van der Waals surface area (Å²) in [5.74, 6) is -0.412. The SMILES string of the molecule is CC1CCCC1(C/C=C/Cl)C(=O)O. The summed E-state index contributed by atoms with van der Waals surface area (Å²) in [6, 6.07) is 0. The smallest absolute Gasteiger partial charge is 0.310 e. The van der Waals surface area contributed by atoms with Crippen molar-refractivity contribution in [2.45, 2.75) is 32.6 Å². The van der Waals surface area contributed by atoms with E-state index in [1.165, 1.54) is 5.54 Å². The van der Waals surface area contributed by atoms with E-state index in [0.717, 1.165) is 19.3 Å². The maximum absolute atomic E-state index is 11.2. The summed E-state index contributed by atoms with van der Waals surface area (Å²) in [4.78, 5) is 11.2. The highest BCUT2D eigenvalue weighted by Crippen LogP contribution is 2.46. The fourth-order valence-corrected chi connectivity index (χ4v) is 2.30. The van der Waals surface area contributed by atoms with E-state index in [0.29, 0.717) is 6.42 Å². The molecule has 1 N–H and O–H groups in total. The van der Waals surface area contributed by atoms with Crippen molar-refractivity contribution in [2.24, 2.45) is 11.3 Å². The molecule has 13 heavy (non-hydrogen) atoms. The highest BCUT2D eigenvalue weighted by atomic mass is 35.5. The topological polar surface area (TPSA) is 37.3 Å². The maximum Gasteiger partial charge on any atom is 0.310 e. The molecule has 74 valence electrons. The molecule has 0 radical (unpaired) electrons. The van der Waals surface area contributed by atoms with Crippen molar-refractivity contribution in [2.75, 3.05) is 0 Å². The monoisotopic (exact) mass is 202 g/mol. The Kier molecular flexibility index (Phi) is 3.37. The summed E-state index contributed by atoms with van der Waals surface area (Å²) in [6.07, 6.45) is 5.13. The molecule has 0 amide bonds. The van der Waals surface area contributed by atoms with Gasteiger partial charge in [-0.3, -0.25) is 4.79 Å². The zero-order valence-electron chi connectivity index (χ0n) is 7.79. The first-order valence-electron chi connectivity index (χ1n) is 4.62. The van der Waals surface area contributed by atoms with Crippen LogP contribution in [0.3, 0.4) is 0 Å². The Labute approximate surface area is 83.6 Å². The molecular formula is C10H15ClO2. The zero-order valence-corrected chi connectivity index (χ0v) is 8.55. The summed E-state index contributed by atoms with van der Waals surface area (Å²) in [5.41, 5.74) is 0.862. The fourth-order valence-electron chi connectivity index (χ4n) is 2.21. The zero-order chi connectivity index (χ0) is 9.90. The van der Waals surface area contributed by atoms with Crippen LogP contribution in [0.25, 0.3) is 0 Å². The first-order valence-corrected chi connectivity index (χ1v) is 5.06. The van der Waals surface area contributed by atoms with Gasteiger partial charge >= 0.3 is 5.97 Å². The molecule has 0 aromatic rings. The van der Waals surface area contributed by atoms with Gasteiger partial charge in [0.15, 0.2) is 0 Å². The van der Waals surface area contributed by atoms with Gasteiger partial charge in [-0.2, -0.15) is 0 Å². The number of halogens is 1. The van der Waals surface area contributed by atoms with Crippen LogP contribution >= 0.6 is 11.6 Å². The lowest BCUT2D eigenvalue weighted by Crippen LogP contribution is -2.32. The van der Waals surface area contributed by atoms with E-state index < -0.39 is 11.4 Å². The average molecular weight is 203 g/mol. The first-order chi connectivity index (χ1) is 6.13. The van der Waals surface area contributed by atoms with Gasteiger partial charge in [0.2, 0.25) is 0 Å². The highest BCUT2D eigenvalue weighted by Gasteiger charge is 2.45. The van der Waals surface area contributed by atoms with Crippen molar-refractivity contribution in [1.29, 1.82) is 0 Å². The van der Waals surface area contributed by atoms with Crippen molar-refractivity contribution in [3.05, 3.63) is 11.6 Å². The maximum atomic E-state index is 11.2. The van der Waals surface area contributed by atoms with Crippen LogP contribution in [0, 0.1) is 11.3 Å². The third kappa shape index (κ3) is 1.88. The molecule has 0 bridgehead atoms. The lowest BCUT2D eigenvalue weighted by Gasteiger charge is -2.27. The number of allylic oxidation sites excluding steroid dienone is 1. The van der Waals surface area contributed by atoms with Crippen LogP contribution in [-0.4, -0.2) is 11.1 Å². The lowest BCUT2D eigenvalue weighted by atomic mass is 9.76. The van der Waals surface area contributed by atoms with Crippen molar-refractivity contribution in [3.8, 4) is 0 Å². The summed E-state index contributed by atoms with van der Waals surface area (Å²) < 4.78 is 0. The van der Waals surface area contributed by atoms with Crippen molar-refractivity contribution in [3.63, 3.8) is 0 Å². The Morgan fingerprint density at radius 2 is 2.46 bits per heavy atom. The average Bonchev–Trinajstić information content (AvgIpc) is 2.45.